The number of hydrogen-bond acceptors (Lipinski definition) is 6. The van der Waals surface area contributed by atoms with Crippen molar-refractivity contribution in [2.24, 2.45) is 13.0 Å². The summed E-state index contributed by atoms with van der Waals surface area (Å²) < 4.78 is 71.9. The van der Waals surface area contributed by atoms with Gasteiger partial charge in [-0.25, -0.2) is 9.59 Å². The van der Waals surface area contributed by atoms with Gasteiger partial charge in [0, 0.05) is 55.2 Å². The normalized spacial score (nSPS) is 17.5. The molecule has 1 aromatic carbocycles. The number of benzene rings is 1. The van der Waals surface area contributed by atoms with Crippen LogP contribution in [0.2, 0.25) is 0 Å². The molecule has 10 nitrogen and oxygen atoms in total. The van der Waals surface area contributed by atoms with Gasteiger partial charge in [-0.15, -0.1) is 0 Å². The van der Waals surface area contributed by atoms with Gasteiger partial charge in [-0.1, -0.05) is 6.07 Å². The number of nitrogens with zero attached hydrogens (tertiary/aromatic N) is 4. The lowest BCUT2D eigenvalue weighted by Gasteiger charge is -2.53. The predicted molar refractivity (Wildman–Crippen MR) is 148 cm³/mol. The van der Waals surface area contributed by atoms with Crippen molar-refractivity contribution in [2.45, 2.75) is 37.3 Å². The average Bonchev–Trinajstić information content (AvgIpc) is 3.32. The first-order valence-corrected chi connectivity index (χ1v) is 13.6. The third-order valence-corrected chi connectivity index (χ3v) is 7.24. The lowest BCUT2D eigenvalue weighted by atomic mass is 9.82. The summed E-state index contributed by atoms with van der Waals surface area (Å²) in [7, 11) is 4.18. The molecule has 2 saturated heterocycles. The molecule has 2 aromatic heterocycles. The number of rotatable bonds is 5. The minimum Gasteiger partial charge on any atom is -0.475 e. The van der Waals surface area contributed by atoms with Crippen molar-refractivity contribution < 1.29 is 55.7 Å². The molecule has 16 heteroatoms. The Morgan fingerprint density at radius 3 is 2.18 bits per heavy atom. The number of carbonyl (C=O) groups excluding carboxylic acids is 1. The summed E-state index contributed by atoms with van der Waals surface area (Å²) in [5, 5.41) is 15.4. The molecule has 246 valence electrons. The second kappa shape index (κ2) is 14.3. The molecule has 3 aromatic rings. The van der Waals surface area contributed by atoms with Gasteiger partial charge in [-0.2, -0.15) is 26.3 Å². The first-order valence-electron chi connectivity index (χ1n) is 13.6. The van der Waals surface area contributed by atoms with Crippen molar-refractivity contribution in [2.75, 3.05) is 33.3 Å². The highest BCUT2D eigenvalue weighted by molar-refractivity contribution is 5.98. The maximum absolute atomic E-state index is 12.9. The summed E-state index contributed by atoms with van der Waals surface area (Å²) in [4.78, 5) is 39.2. The zero-order chi connectivity index (χ0) is 33.6. The van der Waals surface area contributed by atoms with Crippen LogP contribution in [0.15, 0.2) is 55.0 Å². The number of halogens is 6. The number of hydrogen-bond donors (Lipinski definition) is 2. The lowest BCUT2D eigenvalue weighted by Crippen LogP contribution is -2.66. The van der Waals surface area contributed by atoms with Gasteiger partial charge in [0.05, 0.1) is 19.7 Å². The van der Waals surface area contributed by atoms with Crippen molar-refractivity contribution in [3.05, 3.63) is 66.1 Å². The Labute approximate surface area is 253 Å². The van der Waals surface area contributed by atoms with E-state index in [9.17, 15) is 31.1 Å². The van der Waals surface area contributed by atoms with E-state index in [1.165, 1.54) is 5.56 Å². The second-order valence-electron chi connectivity index (χ2n) is 10.9. The number of aliphatic carboxylic acids is 2. The average molecular weight is 647 g/mol. The number of alkyl halides is 6. The van der Waals surface area contributed by atoms with Gasteiger partial charge < -0.3 is 29.3 Å². The van der Waals surface area contributed by atoms with E-state index >= 15 is 0 Å². The highest BCUT2D eigenvalue weighted by atomic mass is 19.4. The Bertz CT molecular complexity index is 1440. The van der Waals surface area contributed by atoms with Crippen LogP contribution in [0, 0.1) is 5.92 Å². The van der Waals surface area contributed by atoms with Gasteiger partial charge in [-0.05, 0) is 61.7 Å². The number of fused-ring (bicyclic) bond motifs is 1. The third-order valence-electron chi connectivity index (χ3n) is 7.24. The largest absolute Gasteiger partial charge is 0.490 e. The van der Waals surface area contributed by atoms with E-state index in [1.54, 1.807) is 0 Å². The summed E-state index contributed by atoms with van der Waals surface area (Å²) in [5.74, 6) is -4.86. The fourth-order valence-electron chi connectivity index (χ4n) is 5.01. The molecular weight excluding hydrogens is 614 g/mol. The maximum Gasteiger partial charge on any atom is 0.490 e. The highest BCUT2D eigenvalue weighted by Crippen LogP contribution is 2.37. The first kappa shape index (κ1) is 35.3. The van der Waals surface area contributed by atoms with E-state index in [1.807, 2.05) is 54.8 Å². The number of carboxylic acid groups (broad SMARTS) is 2. The number of carbonyl (C=O) groups is 3. The second-order valence-corrected chi connectivity index (χ2v) is 10.9. The molecule has 2 N–H and O–H groups in total. The molecule has 2 aliphatic rings. The van der Waals surface area contributed by atoms with Crippen molar-refractivity contribution in [3.8, 4) is 0 Å². The highest BCUT2D eigenvalue weighted by Gasteiger charge is 2.48. The van der Waals surface area contributed by atoms with Crippen molar-refractivity contribution in [3.63, 3.8) is 0 Å². The van der Waals surface area contributed by atoms with Gasteiger partial charge in [0.2, 0.25) is 0 Å². The fourth-order valence-corrected chi connectivity index (χ4v) is 5.01. The van der Waals surface area contributed by atoms with E-state index in [0.29, 0.717) is 19.0 Å². The van der Waals surface area contributed by atoms with Gasteiger partial charge in [0.1, 0.15) is 5.60 Å². The molecular formula is C29H32F6N4O6. The fraction of sp³-hybridized carbons (Fsp3) is 0.448. The molecule has 5 rings (SSSR count). The minimum atomic E-state index is -5.08. The smallest absolute Gasteiger partial charge is 0.475 e. The van der Waals surface area contributed by atoms with Crippen LogP contribution >= 0.6 is 0 Å². The molecule has 4 heterocycles. The zero-order valence-corrected chi connectivity index (χ0v) is 24.3. The Hall–Kier alpha value is -4.18. The molecule has 1 atom stereocenters. The van der Waals surface area contributed by atoms with E-state index in [4.69, 9.17) is 24.5 Å². The summed E-state index contributed by atoms with van der Waals surface area (Å²) in [6.07, 6.45) is -2.23. The van der Waals surface area contributed by atoms with Gasteiger partial charge in [0.25, 0.3) is 5.91 Å². The molecule has 45 heavy (non-hydrogen) atoms. The SMILES string of the molecule is CN(Cc1cccnc1)CC1CCC2(CN(C(=O)c3ccc4c(ccn4C)c3)C2)OC1.O=C(O)C(F)(F)F.O=C(O)C(F)(F)F. The Kier molecular flexibility index (Phi) is 11.2. The molecule has 0 radical (unpaired) electrons. The molecule has 1 amide bonds. The van der Waals surface area contributed by atoms with Crippen molar-refractivity contribution >= 4 is 28.7 Å². The van der Waals surface area contributed by atoms with Crippen LogP contribution in [-0.2, 0) is 27.9 Å². The quantitative estimate of drug-likeness (QED) is 0.386. The third kappa shape index (κ3) is 9.91. The van der Waals surface area contributed by atoms with Crippen molar-refractivity contribution in [1.82, 2.24) is 19.4 Å². The van der Waals surface area contributed by atoms with Crippen LogP contribution in [0.3, 0.4) is 0 Å². The summed E-state index contributed by atoms with van der Waals surface area (Å²) in [6.45, 7) is 4.11. The lowest BCUT2D eigenvalue weighted by molar-refractivity contribution is -0.193. The molecule has 2 fully saturated rings. The van der Waals surface area contributed by atoms with Gasteiger partial charge >= 0.3 is 24.3 Å². The molecule has 2 aliphatic heterocycles. The summed E-state index contributed by atoms with van der Waals surface area (Å²) in [5.41, 5.74) is 3.01. The number of ether oxygens (including phenoxy) is 1. The molecule has 0 saturated carbocycles. The predicted octanol–water partition coefficient (Wildman–Crippen LogP) is 4.59. The Morgan fingerprint density at radius 1 is 1.04 bits per heavy atom. The van der Waals surface area contributed by atoms with Crippen LogP contribution in [0.25, 0.3) is 10.9 Å². The monoisotopic (exact) mass is 646 g/mol. The Balaban J connectivity index is 0.000000331. The van der Waals surface area contributed by atoms with Gasteiger partial charge in [0.15, 0.2) is 0 Å². The van der Waals surface area contributed by atoms with Crippen LogP contribution in [0.5, 0.6) is 0 Å². The van der Waals surface area contributed by atoms with Crippen LogP contribution in [0.1, 0.15) is 28.8 Å². The summed E-state index contributed by atoms with van der Waals surface area (Å²) >= 11 is 0. The summed E-state index contributed by atoms with van der Waals surface area (Å²) in [6, 6.07) is 12.1. The van der Waals surface area contributed by atoms with Crippen LogP contribution in [-0.4, -0.2) is 98.7 Å². The van der Waals surface area contributed by atoms with E-state index in [0.717, 1.165) is 49.0 Å². The number of carboxylic acids is 2. The topological polar surface area (TPSA) is 125 Å². The number of aryl methyl sites for hydroxylation is 1. The van der Waals surface area contributed by atoms with E-state index < -0.39 is 24.3 Å². The number of pyridine rings is 1. The molecule has 1 spiro atoms. The zero-order valence-electron chi connectivity index (χ0n) is 24.3. The first-order chi connectivity index (χ1) is 20.9. The number of amides is 1. The number of likely N-dealkylation sites (tertiary alicyclic amines) is 1. The van der Waals surface area contributed by atoms with E-state index in [2.05, 4.69) is 33.6 Å². The van der Waals surface area contributed by atoms with Crippen LogP contribution in [0.4, 0.5) is 26.3 Å². The van der Waals surface area contributed by atoms with E-state index in [-0.39, 0.29) is 11.5 Å². The molecule has 0 aliphatic carbocycles. The number of aromatic nitrogens is 2. The van der Waals surface area contributed by atoms with Gasteiger partial charge in [-0.3, -0.25) is 9.78 Å². The van der Waals surface area contributed by atoms with Crippen LogP contribution < -0.4 is 0 Å². The minimum absolute atomic E-state index is 0.110. The standard InChI is InChI=1S/C25H30N4O2.2C2HF3O2/c1-27(14-19-4-3-10-26-13-19)15-20-7-9-25(31-16-20)17-29(18-25)24(30)22-5-6-23-21(12-22)8-11-28(23)2;2*3-2(4,5)1(6)7/h3-6,8,10-13,20H,7,9,14-18H2,1-2H3;2*(H,6,7). The maximum atomic E-state index is 12.9. The van der Waals surface area contributed by atoms with Crippen molar-refractivity contribution in [1.29, 1.82) is 0 Å². The molecule has 1 unspecified atom stereocenters. The Morgan fingerprint density at radius 2 is 1.67 bits per heavy atom. The molecule has 0 bridgehead atoms.